The maximum atomic E-state index is 10.9. The number of hydrogen-bond acceptors (Lipinski definition) is 1. The highest BCUT2D eigenvalue weighted by atomic mass is 16.4. The van der Waals surface area contributed by atoms with Crippen LogP contribution in [0.1, 0.15) is 46.5 Å². The lowest BCUT2D eigenvalue weighted by atomic mass is 9.83. The van der Waals surface area contributed by atoms with E-state index < -0.39 is 11.4 Å². The summed E-state index contributed by atoms with van der Waals surface area (Å²) >= 11 is 0. The first kappa shape index (κ1) is 12.2. The molecule has 2 nitrogen and oxygen atoms in total. The van der Waals surface area contributed by atoms with Gasteiger partial charge in [0.05, 0.1) is 5.41 Å². The summed E-state index contributed by atoms with van der Waals surface area (Å²) in [6.45, 7) is 5.82. The predicted octanol–water partition coefficient (Wildman–Crippen LogP) is 3.23. The van der Waals surface area contributed by atoms with E-state index in [1.165, 1.54) is 0 Å². The number of carboxylic acids is 1. The van der Waals surface area contributed by atoms with Crippen molar-refractivity contribution >= 4 is 5.97 Å². The van der Waals surface area contributed by atoms with Gasteiger partial charge in [-0.15, -0.1) is 0 Å². The van der Waals surface area contributed by atoms with Crippen molar-refractivity contribution in [2.45, 2.75) is 46.5 Å². The average Bonchev–Trinajstić information content (AvgIpc) is 2.12. The van der Waals surface area contributed by atoms with Crippen molar-refractivity contribution in [2.24, 2.45) is 5.41 Å². The predicted molar refractivity (Wildman–Crippen MR) is 54.7 cm³/mol. The van der Waals surface area contributed by atoms with Crippen molar-refractivity contribution in [3.05, 3.63) is 12.2 Å². The standard InChI is InChI=1S/C11H20O2/c1-4-6-7-8-9-11(3,5-2)10(12)13/h6-7H,4-5,8-9H2,1-3H3,(H,12,13). The van der Waals surface area contributed by atoms with Crippen molar-refractivity contribution in [1.29, 1.82) is 0 Å². The van der Waals surface area contributed by atoms with E-state index in [0.717, 1.165) is 19.3 Å². The second kappa shape index (κ2) is 5.79. The number of allylic oxidation sites excluding steroid dienone is 2. The summed E-state index contributed by atoms with van der Waals surface area (Å²) < 4.78 is 0. The molecule has 0 aliphatic carbocycles. The Balaban J connectivity index is 3.98. The quantitative estimate of drug-likeness (QED) is 0.643. The summed E-state index contributed by atoms with van der Waals surface area (Å²) in [4.78, 5) is 10.9. The maximum absolute atomic E-state index is 10.9. The molecule has 0 aromatic carbocycles. The molecular weight excluding hydrogens is 164 g/mol. The third kappa shape index (κ3) is 4.11. The summed E-state index contributed by atoms with van der Waals surface area (Å²) in [5.74, 6) is -0.681. The van der Waals surface area contributed by atoms with Gasteiger partial charge in [-0.05, 0) is 32.6 Å². The molecule has 0 saturated carbocycles. The molecule has 0 fully saturated rings. The molecule has 0 heterocycles. The van der Waals surface area contributed by atoms with Crippen LogP contribution in [-0.4, -0.2) is 11.1 Å². The lowest BCUT2D eigenvalue weighted by Crippen LogP contribution is -2.26. The Bertz CT molecular complexity index is 185. The van der Waals surface area contributed by atoms with E-state index in [0.29, 0.717) is 6.42 Å². The van der Waals surface area contributed by atoms with Crippen molar-refractivity contribution < 1.29 is 9.90 Å². The van der Waals surface area contributed by atoms with Gasteiger partial charge in [0.2, 0.25) is 0 Å². The highest BCUT2D eigenvalue weighted by Crippen LogP contribution is 2.27. The Morgan fingerprint density at radius 3 is 2.38 bits per heavy atom. The highest BCUT2D eigenvalue weighted by Gasteiger charge is 2.29. The lowest BCUT2D eigenvalue weighted by Gasteiger charge is -2.21. The van der Waals surface area contributed by atoms with Gasteiger partial charge in [-0.25, -0.2) is 0 Å². The molecule has 1 atom stereocenters. The topological polar surface area (TPSA) is 37.3 Å². The third-order valence-electron chi connectivity index (χ3n) is 2.56. The van der Waals surface area contributed by atoms with Gasteiger partial charge in [-0.2, -0.15) is 0 Å². The molecule has 1 unspecified atom stereocenters. The fourth-order valence-corrected chi connectivity index (χ4v) is 1.12. The third-order valence-corrected chi connectivity index (χ3v) is 2.56. The molecular formula is C11H20O2. The fourth-order valence-electron chi connectivity index (χ4n) is 1.12. The molecule has 13 heavy (non-hydrogen) atoms. The van der Waals surface area contributed by atoms with Crippen LogP contribution < -0.4 is 0 Å². The van der Waals surface area contributed by atoms with Crippen LogP contribution in [0, 0.1) is 5.41 Å². The van der Waals surface area contributed by atoms with Crippen LogP contribution in [0.4, 0.5) is 0 Å². The van der Waals surface area contributed by atoms with Gasteiger partial charge in [-0.3, -0.25) is 4.79 Å². The minimum absolute atomic E-state index is 0.544. The summed E-state index contributed by atoms with van der Waals surface area (Å²) in [5.41, 5.74) is -0.544. The first-order valence-corrected chi connectivity index (χ1v) is 4.95. The van der Waals surface area contributed by atoms with E-state index in [1.807, 2.05) is 13.8 Å². The summed E-state index contributed by atoms with van der Waals surface area (Å²) in [6, 6.07) is 0. The number of hydrogen-bond donors (Lipinski definition) is 1. The Morgan fingerprint density at radius 2 is 2.00 bits per heavy atom. The van der Waals surface area contributed by atoms with E-state index in [1.54, 1.807) is 0 Å². The molecule has 0 aromatic heterocycles. The van der Waals surface area contributed by atoms with Gasteiger partial charge in [0, 0.05) is 0 Å². The molecule has 0 radical (unpaired) electrons. The zero-order chi connectivity index (χ0) is 10.3. The van der Waals surface area contributed by atoms with E-state index >= 15 is 0 Å². The van der Waals surface area contributed by atoms with Gasteiger partial charge in [0.15, 0.2) is 0 Å². The second-order valence-electron chi connectivity index (χ2n) is 3.64. The van der Waals surface area contributed by atoms with Crippen molar-refractivity contribution in [1.82, 2.24) is 0 Å². The first-order valence-electron chi connectivity index (χ1n) is 4.95. The largest absolute Gasteiger partial charge is 0.481 e. The van der Waals surface area contributed by atoms with Crippen LogP contribution >= 0.6 is 0 Å². The minimum atomic E-state index is -0.681. The van der Waals surface area contributed by atoms with E-state index in [4.69, 9.17) is 5.11 Å². The van der Waals surface area contributed by atoms with E-state index in [2.05, 4.69) is 19.1 Å². The van der Waals surface area contributed by atoms with E-state index in [-0.39, 0.29) is 0 Å². The highest BCUT2D eigenvalue weighted by molar-refractivity contribution is 5.73. The number of rotatable bonds is 6. The summed E-state index contributed by atoms with van der Waals surface area (Å²) in [7, 11) is 0. The van der Waals surface area contributed by atoms with E-state index in [9.17, 15) is 4.79 Å². The normalized spacial score (nSPS) is 15.9. The molecule has 0 saturated heterocycles. The SMILES string of the molecule is CCC=CCCC(C)(CC)C(=O)O. The maximum Gasteiger partial charge on any atom is 0.309 e. The molecule has 2 heteroatoms. The van der Waals surface area contributed by atoms with Crippen LogP contribution in [0.25, 0.3) is 0 Å². The smallest absolute Gasteiger partial charge is 0.309 e. The molecule has 0 aliphatic rings. The van der Waals surface area contributed by atoms with Gasteiger partial charge < -0.3 is 5.11 Å². The summed E-state index contributed by atoms with van der Waals surface area (Å²) in [5, 5.41) is 8.96. The number of carboxylic acid groups (broad SMARTS) is 1. The lowest BCUT2D eigenvalue weighted by molar-refractivity contribution is -0.148. The molecule has 0 spiro atoms. The van der Waals surface area contributed by atoms with Crippen LogP contribution in [-0.2, 0) is 4.79 Å². The molecule has 0 amide bonds. The average molecular weight is 184 g/mol. The Hall–Kier alpha value is -0.790. The van der Waals surface area contributed by atoms with Gasteiger partial charge in [-0.1, -0.05) is 26.0 Å². The molecule has 0 bridgehead atoms. The first-order chi connectivity index (χ1) is 6.06. The minimum Gasteiger partial charge on any atom is -0.481 e. The van der Waals surface area contributed by atoms with Gasteiger partial charge >= 0.3 is 5.97 Å². The Kier molecular flexibility index (Phi) is 5.44. The molecule has 76 valence electrons. The van der Waals surface area contributed by atoms with Crippen molar-refractivity contribution in [3.63, 3.8) is 0 Å². The number of aliphatic carboxylic acids is 1. The zero-order valence-corrected chi connectivity index (χ0v) is 8.84. The molecule has 0 aliphatic heterocycles. The summed E-state index contributed by atoms with van der Waals surface area (Å²) in [6.07, 6.45) is 7.47. The van der Waals surface area contributed by atoms with Crippen LogP contribution in [0.15, 0.2) is 12.2 Å². The van der Waals surface area contributed by atoms with Crippen molar-refractivity contribution in [3.8, 4) is 0 Å². The fraction of sp³-hybridized carbons (Fsp3) is 0.727. The van der Waals surface area contributed by atoms with Gasteiger partial charge in [0.25, 0.3) is 0 Å². The molecule has 0 rings (SSSR count). The second-order valence-corrected chi connectivity index (χ2v) is 3.64. The molecule has 1 N–H and O–H groups in total. The van der Waals surface area contributed by atoms with Crippen molar-refractivity contribution in [2.75, 3.05) is 0 Å². The van der Waals surface area contributed by atoms with Gasteiger partial charge in [0.1, 0.15) is 0 Å². The Morgan fingerprint density at radius 1 is 1.38 bits per heavy atom. The Labute approximate surface area is 80.7 Å². The number of carbonyl (C=O) groups is 1. The van der Waals surface area contributed by atoms with Crippen LogP contribution in [0.2, 0.25) is 0 Å². The van der Waals surface area contributed by atoms with Crippen LogP contribution in [0.3, 0.4) is 0 Å². The monoisotopic (exact) mass is 184 g/mol. The van der Waals surface area contributed by atoms with Crippen LogP contribution in [0.5, 0.6) is 0 Å². The molecule has 0 aromatic rings. The zero-order valence-electron chi connectivity index (χ0n) is 8.84.